The second kappa shape index (κ2) is 9.78. The number of anilines is 2. The lowest BCUT2D eigenvalue weighted by Gasteiger charge is -2.13. The van der Waals surface area contributed by atoms with Crippen LogP contribution in [0.15, 0.2) is 48.3 Å². The van der Waals surface area contributed by atoms with Crippen molar-refractivity contribution in [1.29, 1.82) is 0 Å². The minimum atomic E-state index is -0.711. The first-order chi connectivity index (χ1) is 17.4. The average molecular weight is 506 g/mol. The average Bonchev–Trinajstić information content (AvgIpc) is 3.42. The van der Waals surface area contributed by atoms with Gasteiger partial charge in [-0.3, -0.25) is 14.9 Å². The van der Waals surface area contributed by atoms with E-state index in [2.05, 4.69) is 20.7 Å². The number of fused-ring (bicyclic) bond motifs is 1. The lowest BCUT2D eigenvalue weighted by Crippen LogP contribution is -2.26. The number of aryl methyl sites for hydroxylation is 1. The highest BCUT2D eigenvalue weighted by Crippen LogP contribution is 2.32. The molecule has 1 aliphatic rings. The first-order valence-electron chi connectivity index (χ1n) is 11.4. The summed E-state index contributed by atoms with van der Waals surface area (Å²) in [6, 6.07) is 11.1. The molecule has 4 aromatic rings. The number of halogens is 1. The Morgan fingerprint density at radius 2 is 2.11 bits per heavy atom. The van der Waals surface area contributed by atoms with E-state index in [4.69, 9.17) is 5.73 Å². The molecule has 1 saturated carbocycles. The molecule has 3 heterocycles. The maximum Gasteiger partial charge on any atom is 0.273 e. The molecule has 5 rings (SSSR count). The van der Waals surface area contributed by atoms with Gasteiger partial charge in [-0.15, -0.1) is 11.3 Å². The lowest BCUT2D eigenvalue weighted by atomic mass is 10.1. The largest absolute Gasteiger partial charge is 0.394 e. The number of hydrogen-bond acceptors (Lipinski definition) is 8. The number of carbonyl (C=O) groups excluding carboxylic acids is 2. The van der Waals surface area contributed by atoms with Crippen molar-refractivity contribution in [1.82, 2.24) is 19.9 Å². The van der Waals surface area contributed by atoms with Crippen LogP contribution in [0.5, 0.6) is 0 Å². The van der Waals surface area contributed by atoms with Gasteiger partial charge in [0.1, 0.15) is 17.5 Å². The van der Waals surface area contributed by atoms with Gasteiger partial charge in [-0.05, 0) is 61.2 Å². The van der Waals surface area contributed by atoms with Crippen LogP contribution in [0.1, 0.15) is 28.8 Å². The number of nitrogens with two attached hydrogens (primary N) is 1. The molecule has 5 N–H and O–H groups in total. The minimum absolute atomic E-state index is 0.149. The van der Waals surface area contributed by atoms with Crippen LogP contribution in [-0.4, -0.2) is 33.0 Å². The van der Waals surface area contributed by atoms with Gasteiger partial charge in [0.2, 0.25) is 6.41 Å². The van der Waals surface area contributed by atoms with Crippen molar-refractivity contribution in [2.24, 2.45) is 5.73 Å². The van der Waals surface area contributed by atoms with Gasteiger partial charge in [0.05, 0.1) is 11.9 Å². The van der Waals surface area contributed by atoms with E-state index < -0.39 is 5.91 Å². The number of nitrogens with zero attached hydrogens (tertiary/aromatic N) is 3. The van der Waals surface area contributed by atoms with E-state index in [1.54, 1.807) is 28.1 Å². The van der Waals surface area contributed by atoms with Crippen LogP contribution in [0.2, 0.25) is 0 Å². The van der Waals surface area contributed by atoms with E-state index in [-0.39, 0.29) is 17.9 Å². The van der Waals surface area contributed by atoms with Crippen LogP contribution >= 0.6 is 11.3 Å². The van der Waals surface area contributed by atoms with Crippen molar-refractivity contribution in [3.8, 4) is 10.4 Å². The molecule has 184 valence electrons. The highest BCUT2D eigenvalue weighted by atomic mass is 32.1. The summed E-state index contributed by atoms with van der Waals surface area (Å²) in [5.74, 6) is 0.260. The second-order valence-corrected chi connectivity index (χ2v) is 9.82. The second-order valence-electron chi connectivity index (χ2n) is 8.54. The number of hydrogen-bond donors (Lipinski definition) is 4. The van der Waals surface area contributed by atoms with Crippen LogP contribution in [0.4, 0.5) is 16.0 Å². The predicted molar refractivity (Wildman–Crippen MR) is 138 cm³/mol. The topological polar surface area (TPSA) is 126 Å². The Labute approximate surface area is 210 Å². The van der Waals surface area contributed by atoms with Gasteiger partial charge < -0.3 is 16.4 Å². The summed E-state index contributed by atoms with van der Waals surface area (Å²) in [6.45, 7) is 2.38. The molecule has 1 fully saturated rings. The van der Waals surface area contributed by atoms with Crippen molar-refractivity contribution >= 4 is 47.0 Å². The zero-order valence-electron chi connectivity index (χ0n) is 19.4. The Morgan fingerprint density at radius 3 is 2.83 bits per heavy atom. The Hall–Kier alpha value is -4.25. The molecule has 11 heteroatoms. The molecule has 0 radical (unpaired) electrons. The van der Waals surface area contributed by atoms with E-state index in [0.717, 1.165) is 34.7 Å². The first-order valence-corrected chi connectivity index (χ1v) is 12.2. The van der Waals surface area contributed by atoms with Crippen molar-refractivity contribution in [2.45, 2.75) is 32.4 Å². The zero-order valence-corrected chi connectivity index (χ0v) is 20.2. The van der Waals surface area contributed by atoms with Crippen LogP contribution in [0.3, 0.4) is 0 Å². The number of amides is 2. The van der Waals surface area contributed by atoms with E-state index in [1.165, 1.54) is 23.1 Å². The van der Waals surface area contributed by atoms with E-state index in [9.17, 15) is 14.0 Å². The Balaban J connectivity index is 1.49. The number of thiophene rings is 1. The van der Waals surface area contributed by atoms with Gasteiger partial charge in [0.25, 0.3) is 5.91 Å². The third-order valence-corrected chi connectivity index (χ3v) is 6.76. The van der Waals surface area contributed by atoms with Gasteiger partial charge in [0.15, 0.2) is 5.65 Å². The van der Waals surface area contributed by atoms with Crippen molar-refractivity contribution in [3.63, 3.8) is 0 Å². The van der Waals surface area contributed by atoms with Gasteiger partial charge in [-0.2, -0.15) is 9.61 Å². The van der Waals surface area contributed by atoms with Crippen LogP contribution in [-0.2, 0) is 16.1 Å². The molecule has 0 atom stereocenters. The molecule has 1 aromatic carbocycles. The molecule has 0 unspecified atom stereocenters. The standard InChI is InChI=1S/C25H24FN7O2S/c1-14-2-7-21(36-14)19-6-3-17(26)8-15(19)11-28-22-10-23(31-18-4-5-18)33-24(32-22)16(12-30-33)9-20(27)25(35)29-13-34/h2-3,6-10,12-13,18,31H,4-5,11,27H2,1H3,(H,28,32)(H,29,34,35)/b20-9-. The van der Waals surface area contributed by atoms with Crippen molar-refractivity contribution < 1.29 is 14.0 Å². The fraction of sp³-hybridized carbons (Fsp3) is 0.200. The quantitative estimate of drug-likeness (QED) is 0.202. The highest BCUT2D eigenvalue weighted by Gasteiger charge is 2.23. The van der Waals surface area contributed by atoms with Crippen LogP contribution in [0.25, 0.3) is 22.2 Å². The fourth-order valence-electron chi connectivity index (χ4n) is 3.80. The maximum atomic E-state index is 14.1. The summed E-state index contributed by atoms with van der Waals surface area (Å²) in [6.07, 6.45) is 5.37. The summed E-state index contributed by atoms with van der Waals surface area (Å²) < 4.78 is 15.8. The highest BCUT2D eigenvalue weighted by molar-refractivity contribution is 7.15. The predicted octanol–water partition coefficient (Wildman–Crippen LogP) is 3.66. The van der Waals surface area contributed by atoms with E-state index in [0.29, 0.717) is 29.6 Å². The summed E-state index contributed by atoms with van der Waals surface area (Å²) >= 11 is 1.65. The normalized spacial score (nSPS) is 13.6. The molecular weight excluding hydrogens is 481 g/mol. The van der Waals surface area contributed by atoms with Crippen molar-refractivity contribution in [2.75, 3.05) is 10.6 Å². The minimum Gasteiger partial charge on any atom is -0.394 e. The van der Waals surface area contributed by atoms with Crippen LogP contribution in [0, 0.1) is 12.7 Å². The summed E-state index contributed by atoms with van der Waals surface area (Å²) in [5.41, 5.74) is 8.43. The Kier molecular flexibility index (Phi) is 6.38. The molecule has 2 amide bonds. The Bertz CT molecular complexity index is 1490. The number of benzene rings is 1. The molecule has 0 aliphatic heterocycles. The third-order valence-electron chi connectivity index (χ3n) is 5.72. The molecule has 3 aromatic heterocycles. The summed E-state index contributed by atoms with van der Waals surface area (Å²) in [4.78, 5) is 29.4. The fourth-order valence-corrected chi connectivity index (χ4v) is 4.72. The lowest BCUT2D eigenvalue weighted by molar-refractivity contribution is -0.122. The molecule has 0 bridgehead atoms. The SMILES string of the molecule is Cc1ccc(-c2ccc(F)cc2CNc2cc(NC3CC3)n3ncc(/C=C(\N)C(=O)NC=O)c3n2)s1. The van der Waals surface area contributed by atoms with Gasteiger partial charge in [-0.25, -0.2) is 9.37 Å². The van der Waals surface area contributed by atoms with Gasteiger partial charge >= 0.3 is 0 Å². The summed E-state index contributed by atoms with van der Waals surface area (Å²) in [7, 11) is 0. The first kappa shape index (κ1) is 23.5. The Morgan fingerprint density at radius 1 is 1.28 bits per heavy atom. The number of nitrogens with one attached hydrogen (secondary N) is 3. The maximum absolute atomic E-state index is 14.1. The molecule has 1 aliphatic carbocycles. The van der Waals surface area contributed by atoms with Gasteiger partial charge in [-0.1, -0.05) is 6.07 Å². The molecular formula is C25H24FN7O2S. The van der Waals surface area contributed by atoms with Gasteiger partial charge in [0, 0.05) is 34.0 Å². The molecule has 0 spiro atoms. The smallest absolute Gasteiger partial charge is 0.273 e. The molecule has 9 nitrogen and oxygen atoms in total. The number of aromatic nitrogens is 3. The third kappa shape index (κ3) is 5.05. The molecule has 36 heavy (non-hydrogen) atoms. The summed E-state index contributed by atoms with van der Waals surface area (Å²) in [5, 5.41) is 13.2. The van der Waals surface area contributed by atoms with E-state index in [1.807, 2.05) is 30.4 Å². The van der Waals surface area contributed by atoms with E-state index >= 15 is 0 Å². The number of rotatable bonds is 9. The monoisotopic (exact) mass is 505 g/mol. The number of carbonyl (C=O) groups is 2. The zero-order chi connectivity index (χ0) is 25.2. The van der Waals surface area contributed by atoms with Crippen molar-refractivity contribution in [3.05, 3.63) is 70.1 Å². The molecule has 0 saturated heterocycles. The van der Waals surface area contributed by atoms with Crippen LogP contribution < -0.4 is 21.7 Å². The number of imide groups is 1.